The number of anilines is 1. The van der Waals surface area contributed by atoms with Crippen LogP contribution in [-0.2, 0) is 10.0 Å². The molecule has 18 heavy (non-hydrogen) atoms. The Morgan fingerprint density at radius 1 is 1.50 bits per heavy atom. The van der Waals surface area contributed by atoms with Gasteiger partial charge in [0.25, 0.3) is 0 Å². The number of benzene rings is 1. The first-order valence-electron chi connectivity index (χ1n) is 5.10. The van der Waals surface area contributed by atoms with E-state index in [1.54, 1.807) is 18.2 Å². The molecule has 0 aromatic heterocycles. The summed E-state index contributed by atoms with van der Waals surface area (Å²) >= 11 is 8.24. The van der Waals surface area contributed by atoms with Crippen molar-refractivity contribution in [3.8, 4) is 0 Å². The minimum absolute atomic E-state index is 0.00694. The molecule has 0 fully saturated rings. The molecule has 100 valence electrons. The predicted octanol–water partition coefficient (Wildman–Crippen LogP) is 1.04. The standard InChI is InChI=1S/C10H14BrN3O2S2/c1-13-18(15,16)5-4-14-9-3-2-7(10(12)17)6-8(9)11/h2-3,6,13-14H,4-5H2,1H3,(H2,12,17). The second-order valence-electron chi connectivity index (χ2n) is 3.51. The first-order valence-corrected chi connectivity index (χ1v) is 7.95. The molecular formula is C10H14BrN3O2S2. The third-order valence-electron chi connectivity index (χ3n) is 2.25. The van der Waals surface area contributed by atoms with Gasteiger partial charge in [0, 0.05) is 22.3 Å². The molecule has 1 aromatic rings. The highest BCUT2D eigenvalue weighted by atomic mass is 79.9. The van der Waals surface area contributed by atoms with Crippen molar-refractivity contribution >= 4 is 48.8 Å². The van der Waals surface area contributed by atoms with Gasteiger partial charge in [0.05, 0.1) is 5.75 Å². The van der Waals surface area contributed by atoms with Crippen LogP contribution in [0.25, 0.3) is 0 Å². The third-order valence-corrected chi connectivity index (χ3v) is 4.51. The predicted molar refractivity (Wildman–Crippen MR) is 81.4 cm³/mol. The van der Waals surface area contributed by atoms with E-state index in [0.29, 0.717) is 11.5 Å². The zero-order chi connectivity index (χ0) is 13.8. The number of hydrogen-bond donors (Lipinski definition) is 3. The second-order valence-corrected chi connectivity index (χ2v) is 6.85. The summed E-state index contributed by atoms with van der Waals surface area (Å²) in [4.78, 5) is 0.319. The number of halogens is 1. The van der Waals surface area contributed by atoms with Crippen molar-refractivity contribution in [3.05, 3.63) is 28.2 Å². The van der Waals surface area contributed by atoms with Gasteiger partial charge in [-0.15, -0.1) is 0 Å². The average molecular weight is 352 g/mol. The highest BCUT2D eigenvalue weighted by Crippen LogP contribution is 2.23. The van der Waals surface area contributed by atoms with Gasteiger partial charge in [-0.2, -0.15) is 0 Å². The lowest BCUT2D eigenvalue weighted by Gasteiger charge is -2.10. The van der Waals surface area contributed by atoms with Gasteiger partial charge in [0.2, 0.25) is 10.0 Å². The maximum atomic E-state index is 11.2. The van der Waals surface area contributed by atoms with Crippen molar-refractivity contribution in [2.45, 2.75) is 0 Å². The molecule has 0 aliphatic rings. The number of nitrogens with two attached hydrogens (primary N) is 1. The smallest absolute Gasteiger partial charge is 0.213 e. The van der Waals surface area contributed by atoms with Gasteiger partial charge in [0.1, 0.15) is 4.99 Å². The minimum atomic E-state index is -3.19. The molecule has 0 amide bonds. The van der Waals surface area contributed by atoms with Crippen molar-refractivity contribution in [2.24, 2.45) is 5.73 Å². The molecule has 0 saturated heterocycles. The molecular weight excluding hydrogens is 338 g/mol. The molecule has 0 spiro atoms. The Morgan fingerprint density at radius 3 is 2.67 bits per heavy atom. The van der Waals surface area contributed by atoms with Crippen LogP contribution in [-0.4, -0.2) is 32.8 Å². The van der Waals surface area contributed by atoms with E-state index in [1.165, 1.54) is 7.05 Å². The van der Waals surface area contributed by atoms with Crippen LogP contribution in [0.1, 0.15) is 5.56 Å². The maximum absolute atomic E-state index is 11.2. The summed E-state index contributed by atoms with van der Waals surface area (Å²) in [6, 6.07) is 5.36. The van der Waals surface area contributed by atoms with Gasteiger partial charge in [-0.25, -0.2) is 13.1 Å². The lowest BCUT2D eigenvalue weighted by molar-refractivity contribution is 0.588. The van der Waals surface area contributed by atoms with Crippen LogP contribution in [0.15, 0.2) is 22.7 Å². The van der Waals surface area contributed by atoms with Crippen molar-refractivity contribution in [1.29, 1.82) is 0 Å². The van der Waals surface area contributed by atoms with Gasteiger partial charge in [0.15, 0.2) is 0 Å². The average Bonchev–Trinajstić information content (AvgIpc) is 2.31. The zero-order valence-electron chi connectivity index (χ0n) is 9.73. The van der Waals surface area contributed by atoms with Gasteiger partial charge in [-0.05, 0) is 41.2 Å². The maximum Gasteiger partial charge on any atom is 0.213 e. The summed E-state index contributed by atoms with van der Waals surface area (Å²) < 4.78 is 25.5. The number of thiocarbonyl (C=S) groups is 1. The number of hydrogen-bond acceptors (Lipinski definition) is 4. The topological polar surface area (TPSA) is 84.2 Å². The zero-order valence-corrected chi connectivity index (χ0v) is 13.0. The van der Waals surface area contributed by atoms with E-state index < -0.39 is 10.0 Å². The lowest BCUT2D eigenvalue weighted by atomic mass is 10.2. The molecule has 0 heterocycles. The number of sulfonamides is 1. The first-order chi connectivity index (χ1) is 8.35. The molecule has 0 atom stereocenters. The van der Waals surface area contributed by atoms with Gasteiger partial charge in [-0.3, -0.25) is 0 Å². The van der Waals surface area contributed by atoms with E-state index in [2.05, 4.69) is 26.0 Å². The Kier molecular flexibility index (Phi) is 5.51. The summed E-state index contributed by atoms with van der Waals surface area (Å²) in [6.07, 6.45) is 0. The molecule has 0 bridgehead atoms. The Morgan fingerprint density at radius 2 is 2.17 bits per heavy atom. The van der Waals surface area contributed by atoms with E-state index in [1.807, 2.05) is 0 Å². The molecule has 0 aliphatic carbocycles. The van der Waals surface area contributed by atoms with Crippen LogP contribution >= 0.6 is 28.1 Å². The van der Waals surface area contributed by atoms with Crippen molar-refractivity contribution in [3.63, 3.8) is 0 Å². The SMILES string of the molecule is CNS(=O)(=O)CCNc1ccc(C(N)=S)cc1Br. The third kappa shape index (κ3) is 4.52. The van der Waals surface area contributed by atoms with Crippen LogP contribution in [0.2, 0.25) is 0 Å². The molecule has 5 nitrogen and oxygen atoms in total. The first kappa shape index (κ1) is 15.4. The van der Waals surface area contributed by atoms with Gasteiger partial charge >= 0.3 is 0 Å². The van der Waals surface area contributed by atoms with Crippen LogP contribution in [0, 0.1) is 0 Å². The highest BCUT2D eigenvalue weighted by Gasteiger charge is 2.07. The number of nitrogens with one attached hydrogen (secondary N) is 2. The minimum Gasteiger partial charge on any atom is -0.389 e. The van der Waals surface area contributed by atoms with E-state index in [9.17, 15) is 8.42 Å². The summed E-state index contributed by atoms with van der Waals surface area (Å²) in [5, 5.41) is 3.02. The van der Waals surface area contributed by atoms with Crippen LogP contribution in [0.3, 0.4) is 0 Å². The fraction of sp³-hybridized carbons (Fsp3) is 0.300. The van der Waals surface area contributed by atoms with Gasteiger partial charge < -0.3 is 11.1 Å². The summed E-state index contributed by atoms with van der Waals surface area (Å²) in [7, 11) is -1.80. The molecule has 1 rings (SSSR count). The van der Waals surface area contributed by atoms with Gasteiger partial charge in [-0.1, -0.05) is 12.2 Å². The fourth-order valence-corrected chi connectivity index (χ4v) is 2.45. The van der Waals surface area contributed by atoms with Crippen molar-refractivity contribution in [2.75, 3.05) is 24.7 Å². The summed E-state index contributed by atoms with van der Waals surface area (Å²) in [6.45, 7) is 0.314. The molecule has 0 unspecified atom stereocenters. The molecule has 0 radical (unpaired) electrons. The summed E-state index contributed by atoms with van der Waals surface area (Å²) in [5.41, 5.74) is 7.06. The molecule has 8 heteroatoms. The number of rotatable bonds is 6. The van der Waals surface area contributed by atoms with Crippen LogP contribution in [0.4, 0.5) is 5.69 Å². The Bertz CT molecular complexity index is 546. The Labute approximate surface area is 120 Å². The molecule has 0 saturated carbocycles. The Balaban J connectivity index is 2.67. The molecule has 0 aliphatic heterocycles. The summed E-state index contributed by atoms with van der Waals surface area (Å²) in [5.74, 6) is 0.00694. The van der Waals surface area contributed by atoms with Crippen LogP contribution < -0.4 is 15.8 Å². The normalized spacial score (nSPS) is 11.2. The monoisotopic (exact) mass is 351 g/mol. The molecule has 1 aromatic carbocycles. The van der Waals surface area contributed by atoms with Crippen LogP contribution in [0.5, 0.6) is 0 Å². The van der Waals surface area contributed by atoms with E-state index in [4.69, 9.17) is 18.0 Å². The van der Waals surface area contributed by atoms with E-state index in [-0.39, 0.29) is 5.75 Å². The quantitative estimate of drug-likeness (QED) is 0.667. The highest BCUT2D eigenvalue weighted by molar-refractivity contribution is 9.10. The molecule has 4 N–H and O–H groups in total. The van der Waals surface area contributed by atoms with Crippen molar-refractivity contribution in [1.82, 2.24) is 4.72 Å². The van der Waals surface area contributed by atoms with E-state index >= 15 is 0 Å². The fourth-order valence-electron chi connectivity index (χ4n) is 1.23. The second kappa shape index (κ2) is 6.46. The van der Waals surface area contributed by atoms with Crippen molar-refractivity contribution < 1.29 is 8.42 Å². The largest absolute Gasteiger partial charge is 0.389 e. The Hall–Kier alpha value is -0.700. The van der Waals surface area contributed by atoms with E-state index in [0.717, 1.165) is 15.7 Å². The lowest BCUT2D eigenvalue weighted by Crippen LogP contribution is -2.26.